The number of benzene rings is 3. The lowest BCUT2D eigenvalue weighted by Gasteiger charge is -2.34. The Morgan fingerprint density at radius 2 is 1.40 bits per heavy atom. The van der Waals surface area contributed by atoms with Gasteiger partial charge in [-0.05, 0) is 103 Å². The highest BCUT2D eigenvalue weighted by molar-refractivity contribution is 5.74. The van der Waals surface area contributed by atoms with Gasteiger partial charge in [0, 0.05) is 11.0 Å². The highest BCUT2D eigenvalue weighted by Gasteiger charge is 2.53. The van der Waals surface area contributed by atoms with Gasteiger partial charge in [-0.2, -0.15) is 13.2 Å². The van der Waals surface area contributed by atoms with Gasteiger partial charge in [-0.1, -0.05) is 115 Å². The summed E-state index contributed by atoms with van der Waals surface area (Å²) in [4.78, 5) is 11.8. The van der Waals surface area contributed by atoms with Crippen molar-refractivity contribution in [2.75, 3.05) is 7.11 Å². The predicted molar refractivity (Wildman–Crippen MR) is 191 cm³/mol. The molecule has 0 aliphatic rings. The van der Waals surface area contributed by atoms with Crippen molar-refractivity contribution in [3.63, 3.8) is 0 Å². The van der Waals surface area contributed by atoms with E-state index < -0.39 is 17.5 Å². The maximum Gasteiger partial charge on any atom is 0.405 e. The molecule has 0 aliphatic carbocycles. The van der Waals surface area contributed by atoms with Crippen LogP contribution in [0.3, 0.4) is 0 Å². The topological polar surface area (TPSA) is 26.3 Å². The van der Waals surface area contributed by atoms with E-state index in [1.807, 2.05) is 39.0 Å². The number of methoxy groups -OCH3 is 1. The van der Waals surface area contributed by atoms with Gasteiger partial charge in [0.2, 0.25) is 0 Å². The number of ether oxygens (including phenoxy) is 1. The molecule has 5 heteroatoms. The van der Waals surface area contributed by atoms with Crippen LogP contribution in [0.25, 0.3) is 11.1 Å². The van der Waals surface area contributed by atoms with Crippen molar-refractivity contribution in [2.45, 2.75) is 119 Å². The van der Waals surface area contributed by atoms with Gasteiger partial charge in [0.25, 0.3) is 0 Å². The van der Waals surface area contributed by atoms with Crippen molar-refractivity contribution in [3.05, 3.63) is 93.5 Å². The molecule has 0 saturated heterocycles. The summed E-state index contributed by atoms with van der Waals surface area (Å²) in [6.45, 7) is 19.5. The summed E-state index contributed by atoms with van der Waals surface area (Å²) in [6.07, 6.45) is -0.0166. The monoisotopic (exact) mass is 648 g/mol. The number of rotatable bonds is 10. The molecule has 2 unspecified atom stereocenters. The molecule has 0 fully saturated rings. The first-order valence-corrected chi connectivity index (χ1v) is 17.1. The molecule has 3 rings (SSSR count). The predicted octanol–water partition coefficient (Wildman–Crippen LogP) is 11.9. The summed E-state index contributed by atoms with van der Waals surface area (Å²) >= 11 is 0. The Labute approximate surface area is 282 Å². The summed E-state index contributed by atoms with van der Waals surface area (Å²) in [5, 5.41) is 0. The molecule has 0 aliphatic heterocycles. The highest BCUT2D eigenvalue weighted by Crippen LogP contribution is 2.45. The van der Waals surface area contributed by atoms with E-state index in [4.69, 9.17) is 4.74 Å². The number of hydrogen-bond donors (Lipinski definition) is 0. The first-order valence-electron chi connectivity index (χ1n) is 17.1. The van der Waals surface area contributed by atoms with Gasteiger partial charge in [-0.15, -0.1) is 0 Å². The Hall–Kier alpha value is -3.52. The Morgan fingerprint density at radius 3 is 1.87 bits per heavy atom. The number of aryl methyl sites for hydroxylation is 3. The van der Waals surface area contributed by atoms with Gasteiger partial charge in [-0.25, -0.2) is 0 Å². The van der Waals surface area contributed by atoms with Gasteiger partial charge in [0.05, 0.1) is 13.5 Å². The SMILES string of the molecule is CCC.CCCC(C)C(C)(C#Cc1ccc(C(CC)(CC)c2ccc(-c3ccc(CC(=O)OC)c(C)c3)c(C)c2)cc1C)C(F)(F)F. The third-order valence-corrected chi connectivity index (χ3v) is 9.73. The molecule has 0 aromatic heterocycles. The second kappa shape index (κ2) is 17.0. The van der Waals surface area contributed by atoms with Gasteiger partial charge < -0.3 is 4.74 Å². The maximum absolute atomic E-state index is 14.1. The smallest absolute Gasteiger partial charge is 0.405 e. The summed E-state index contributed by atoms with van der Waals surface area (Å²) in [5.74, 6) is 4.71. The van der Waals surface area contributed by atoms with E-state index in [0.717, 1.165) is 51.8 Å². The van der Waals surface area contributed by atoms with Crippen molar-refractivity contribution in [1.82, 2.24) is 0 Å². The van der Waals surface area contributed by atoms with E-state index in [9.17, 15) is 18.0 Å². The molecule has 47 heavy (non-hydrogen) atoms. The van der Waals surface area contributed by atoms with Crippen LogP contribution in [-0.2, 0) is 21.4 Å². The van der Waals surface area contributed by atoms with Gasteiger partial charge in [-0.3, -0.25) is 4.79 Å². The standard InChI is InChI=1S/C39H47F3O2.C3H8/c1-10-13-29(7)37(8,39(40,41)42)21-20-30-16-17-33(23-27(30)5)38(11-2,12-3)34-18-19-35(28(6)24-34)32-15-14-31(26(4)22-32)25-36(43)44-9;1-3-2/h14-19,22-24,29H,10-13,25H2,1-9H3;3H2,1-2H3. The van der Waals surface area contributed by atoms with Crippen LogP contribution in [0.4, 0.5) is 13.2 Å². The van der Waals surface area contributed by atoms with Crippen molar-refractivity contribution < 1.29 is 22.7 Å². The second-order valence-electron chi connectivity index (χ2n) is 13.1. The van der Waals surface area contributed by atoms with E-state index in [0.29, 0.717) is 18.4 Å². The molecule has 2 atom stereocenters. The average Bonchev–Trinajstić information content (AvgIpc) is 3.02. The lowest BCUT2D eigenvalue weighted by atomic mass is 9.69. The van der Waals surface area contributed by atoms with Gasteiger partial charge >= 0.3 is 12.1 Å². The van der Waals surface area contributed by atoms with E-state index in [1.54, 1.807) is 6.92 Å². The Bertz CT molecular complexity index is 1550. The van der Waals surface area contributed by atoms with Crippen molar-refractivity contribution in [2.24, 2.45) is 11.3 Å². The molecule has 2 nitrogen and oxygen atoms in total. The minimum Gasteiger partial charge on any atom is -0.469 e. The molecular weight excluding hydrogens is 593 g/mol. The number of carbonyl (C=O) groups is 1. The molecule has 0 bridgehead atoms. The Balaban J connectivity index is 0.00000246. The molecule has 3 aromatic carbocycles. The van der Waals surface area contributed by atoms with Crippen LogP contribution in [0.1, 0.15) is 120 Å². The Kier molecular flexibility index (Phi) is 14.4. The fourth-order valence-electron chi connectivity index (χ4n) is 6.30. The molecule has 0 spiro atoms. The highest BCUT2D eigenvalue weighted by atomic mass is 19.4. The molecule has 0 saturated carbocycles. The molecule has 0 amide bonds. The third-order valence-electron chi connectivity index (χ3n) is 9.73. The first-order chi connectivity index (χ1) is 22.1. The van der Waals surface area contributed by atoms with Crippen LogP contribution in [-0.4, -0.2) is 19.3 Å². The molecule has 0 radical (unpaired) electrons. The fraction of sp³-hybridized carbons (Fsp3) is 0.500. The van der Waals surface area contributed by atoms with Gasteiger partial charge in [0.1, 0.15) is 5.41 Å². The van der Waals surface area contributed by atoms with Crippen LogP contribution in [0, 0.1) is 43.9 Å². The van der Waals surface area contributed by atoms with Gasteiger partial charge in [0.15, 0.2) is 0 Å². The van der Waals surface area contributed by atoms with Crippen molar-refractivity contribution >= 4 is 5.97 Å². The van der Waals surface area contributed by atoms with E-state index in [1.165, 1.54) is 26.0 Å². The lowest BCUT2D eigenvalue weighted by Crippen LogP contribution is -2.39. The minimum atomic E-state index is -4.41. The minimum absolute atomic E-state index is 0.249. The van der Waals surface area contributed by atoms with Crippen LogP contribution in [0.5, 0.6) is 0 Å². The van der Waals surface area contributed by atoms with Crippen LogP contribution in [0.2, 0.25) is 0 Å². The summed E-state index contributed by atoms with van der Waals surface area (Å²) in [6, 6.07) is 18.8. The number of esters is 1. The van der Waals surface area contributed by atoms with Crippen LogP contribution in [0.15, 0.2) is 54.6 Å². The molecule has 256 valence electrons. The average molecular weight is 649 g/mol. The van der Waals surface area contributed by atoms with E-state index in [2.05, 4.69) is 82.9 Å². The van der Waals surface area contributed by atoms with E-state index >= 15 is 0 Å². The zero-order valence-corrected chi connectivity index (χ0v) is 30.5. The largest absolute Gasteiger partial charge is 0.469 e. The number of halogens is 3. The number of hydrogen-bond acceptors (Lipinski definition) is 2. The third kappa shape index (κ3) is 9.10. The van der Waals surface area contributed by atoms with Crippen LogP contribution < -0.4 is 0 Å². The quantitative estimate of drug-likeness (QED) is 0.162. The first kappa shape index (κ1) is 39.7. The summed E-state index contributed by atoms with van der Waals surface area (Å²) < 4.78 is 47.2. The zero-order valence-electron chi connectivity index (χ0n) is 30.5. The summed E-state index contributed by atoms with van der Waals surface area (Å²) in [7, 11) is 1.40. The second-order valence-corrected chi connectivity index (χ2v) is 13.1. The number of carbonyl (C=O) groups excluding carboxylic acids is 1. The lowest BCUT2D eigenvalue weighted by molar-refractivity contribution is -0.211. The number of alkyl halides is 3. The molecule has 0 N–H and O–H groups in total. The van der Waals surface area contributed by atoms with Crippen LogP contribution >= 0.6 is 0 Å². The summed E-state index contributed by atoms with van der Waals surface area (Å²) in [5.41, 5.74) is 6.91. The molecular formula is C42H55F3O2. The van der Waals surface area contributed by atoms with E-state index in [-0.39, 0.29) is 17.8 Å². The molecule has 0 heterocycles. The van der Waals surface area contributed by atoms with Crippen molar-refractivity contribution in [1.29, 1.82) is 0 Å². The maximum atomic E-state index is 14.1. The molecule has 3 aromatic rings. The Morgan fingerprint density at radius 1 is 0.830 bits per heavy atom. The zero-order chi connectivity index (χ0) is 35.6. The van der Waals surface area contributed by atoms with Crippen molar-refractivity contribution in [3.8, 4) is 23.0 Å². The fourth-order valence-corrected chi connectivity index (χ4v) is 6.30. The normalized spacial score (nSPS) is 13.4.